The highest BCUT2D eigenvalue weighted by molar-refractivity contribution is 5.73. The quantitative estimate of drug-likeness (QED) is 0.322. The SMILES string of the molecule is COCC(F)(F)COCc1ccc([C@@]2(O)CCN(C(=O)[O-])C[C@@H]2c2ccc(-c3ccccc3CCNC(C)=O)cc2C)cn1. The van der Waals surface area contributed by atoms with E-state index in [2.05, 4.69) is 15.0 Å². The number of alkyl halides is 2. The molecule has 0 unspecified atom stereocenters. The fourth-order valence-corrected chi connectivity index (χ4v) is 5.76. The topological polar surface area (TPSA) is 124 Å². The lowest BCUT2D eigenvalue weighted by atomic mass is 9.72. The van der Waals surface area contributed by atoms with Gasteiger partial charge in [0.15, 0.2) is 0 Å². The molecule has 0 radical (unpaired) electrons. The number of aryl methyl sites for hydroxylation is 1. The van der Waals surface area contributed by atoms with E-state index in [4.69, 9.17) is 4.74 Å². The minimum Gasteiger partial charge on any atom is -0.530 e. The average Bonchev–Trinajstić information content (AvgIpc) is 2.98. The number of carbonyl (C=O) groups is 2. The smallest absolute Gasteiger partial charge is 0.293 e. The number of benzene rings is 2. The molecule has 1 aromatic heterocycles. The number of hydrogen-bond acceptors (Lipinski definition) is 7. The molecule has 0 bridgehead atoms. The molecular weight excluding hydrogens is 572 g/mol. The standard InChI is InChI=1S/C33H39F2N3O6/c1-22-16-25(29-7-5-4-6-24(29)12-14-36-23(2)39)8-11-28(22)30-18-38(31(40)41)15-13-33(30,42)26-9-10-27(37-17-26)19-44-21-32(34,35)20-43-3/h4-11,16-17,30,42H,12-15,18-21H2,1-3H3,(H,36,39)(H,40,41)/p-1/t30-,33+/m1/s1. The van der Waals surface area contributed by atoms with E-state index in [-0.39, 0.29) is 32.0 Å². The number of hydrogen-bond donors (Lipinski definition) is 2. The van der Waals surface area contributed by atoms with Crippen LogP contribution in [0.3, 0.4) is 0 Å². The molecule has 236 valence electrons. The molecule has 0 saturated carbocycles. The summed E-state index contributed by atoms with van der Waals surface area (Å²) in [4.78, 5) is 28.7. The van der Waals surface area contributed by atoms with E-state index < -0.39 is 36.7 Å². The highest BCUT2D eigenvalue weighted by Gasteiger charge is 2.44. The Hall–Kier alpha value is -3.93. The van der Waals surface area contributed by atoms with Crippen LogP contribution in [-0.4, -0.2) is 72.9 Å². The van der Waals surface area contributed by atoms with Crippen LogP contribution in [0.4, 0.5) is 13.6 Å². The maximum absolute atomic E-state index is 13.7. The number of rotatable bonds is 12. The molecule has 1 aliphatic heterocycles. The Morgan fingerprint density at radius 2 is 1.95 bits per heavy atom. The summed E-state index contributed by atoms with van der Waals surface area (Å²) >= 11 is 0. The van der Waals surface area contributed by atoms with Gasteiger partial charge >= 0.3 is 0 Å². The molecule has 1 saturated heterocycles. The zero-order chi connectivity index (χ0) is 31.9. The summed E-state index contributed by atoms with van der Waals surface area (Å²) in [5, 5.41) is 26.8. The van der Waals surface area contributed by atoms with Crippen molar-refractivity contribution < 1.29 is 38.1 Å². The van der Waals surface area contributed by atoms with Crippen LogP contribution in [0, 0.1) is 6.92 Å². The van der Waals surface area contributed by atoms with Gasteiger partial charge in [-0.2, -0.15) is 0 Å². The van der Waals surface area contributed by atoms with E-state index in [0.717, 1.165) is 27.8 Å². The molecule has 2 amide bonds. The van der Waals surface area contributed by atoms with Crippen LogP contribution in [-0.2, 0) is 32.9 Å². The molecule has 11 heteroatoms. The molecular formula is C33H38F2N3O6-. The summed E-state index contributed by atoms with van der Waals surface area (Å²) in [5.74, 6) is -3.84. The largest absolute Gasteiger partial charge is 0.530 e. The Labute approximate surface area is 255 Å². The molecule has 2 aromatic carbocycles. The van der Waals surface area contributed by atoms with Crippen LogP contribution >= 0.6 is 0 Å². The summed E-state index contributed by atoms with van der Waals surface area (Å²) in [5.41, 5.74) is 4.15. The van der Waals surface area contributed by atoms with Crippen molar-refractivity contribution in [2.24, 2.45) is 0 Å². The number of nitrogens with one attached hydrogen (secondary N) is 1. The van der Waals surface area contributed by atoms with Gasteiger partial charge in [-0.05, 0) is 53.6 Å². The van der Waals surface area contributed by atoms with Crippen LogP contribution in [0.25, 0.3) is 11.1 Å². The van der Waals surface area contributed by atoms with E-state index in [9.17, 15) is 28.6 Å². The molecule has 2 atom stereocenters. The highest BCUT2D eigenvalue weighted by Crippen LogP contribution is 2.45. The van der Waals surface area contributed by atoms with Gasteiger partial charge in [-0.3, -0.25) is 9.78 Å². The van der Waals surface area contributed by atoms with Crippen LogP contribution < -0.4 is 10.4 Å². The summed E-state index contributed by atoms with van der Waals surface area (Å²) in [6.45, 7) is 2.31. The summed E-state index contributed by atoms with van der Waals surface area (Å²) < 4.78 is 37.0. The van der Waals surface area contributed by atoms with Gasteiger partial charge in [-0.1, -0.05) is 48.5 Å². The number of piperidine rings is 1. The minimum atomic E-state index is -3.12. The van der Waals surface area contributed by atoms with E-state index in [0.29, 0.717) is 24.2 Å². The van der Waals surface area contributed by atoms with Gasteiger partial charge in [0.25, 0.3) is 5.92 Å². The third kappa shape index (κ3) is 7.96. The number of aliphatic hydroxyl groups is 1. The van der Waals surface area contributed by atoms with Gasteiger partial charge in [0.05, 0.1) is 12.3 Å². The van der Waals surface area contributed by atoms with Gasteiger partial charge in [0.1, 0.15) is 24.9 Å². The summed E-state index contributed by atoms with van der Waals surface area (Å²) in [7, 11) is 1.19. The van der Waals surface area contributed by atoms with Crippen LogP contribution in [0.15, 0.2) is 60.8 Å². The lowest BCUT2D eigenvalue weighted by molar-refractivity contribution is -0.268. The third-order valence-corrected chi connectivity index (χ3v) is 7.99. The monoisotopic (exact) mass is 610 g/mol. The van der Waals surface area contributed by atoms with Crippen molar-refractivity contribution >= 4 is 12.0 Å². The van der Waals surface area contributed by atoms with Crippen molar-refractivity contribution in [3.05, 3.63) is 88.7 Å². The zero-order valence-corrected chi connectivity index (χ0v) is 25.1. The lowest BCUT2D eigenvalue weighted by Crippen LogP contribution is -2.53. The molecule has 1 aliphatic rings. The van der Waals surface area contributed by atoms with Gasteiger partial charge in [-0.15, -0.1) is 0 Å². The number of pyridine rings is 1. The Bertz CT molecular complexity index is 1450. The normalized spacial score (nSPS) is 18.7. The number of carbonyl (C=O) groups excluding carboxylic acids is 2. The first kappa shape index (κ1) is 33.0. The molecule has 3 aromatic rings. The minimum absolute atomic E-state index is 0.0196. The molecule has 2 heterocycles. The fraction of sp³-hybridized carbons (Fsp3) is 0.424. The number of nitrogens with zero attached hydrogens (tertiary/aromatic N) is 2. The molecule has 9 nitrogen and oxygen atoms in total. The van der Waals surface area contributed by atoms with Crippen molar-refractivity contribution in [2.45, 2.75) is 50.7 Å². The first-order chi connectivity index (χ1) is 20.9. The summed E-state index contributed by atoms with van der Waals surface area (Å²) in [6, 6.07) is 17.1. The summed E-state index contributed by atoms with van der Waals surface area (Å²) in [6.07, 6.45) is 0.945. The second-order valence-electron chi connectivity index (χ2n) is 11.2. The lowest BCUT2D eigenvalue weighted by Gasteiger charge is -2.46. The average molecular weight is 611 g/mol. The van der Waals surface area contributed by atoms with Gasteiger partial charge in [-0.25, -0.2) is 8.78 Å². The van der Waals surface area contributed by atoms with Gasteiger partial charge in [0.2, 0.25) is 5.91 Å². The predicted octanol–water partition coefficient (Wildman–Crippen LogP) is 3.55. The fourth-order valence-electron chi connectivity index (χ4n) is 5.76. The maximum Gasteiger partial charge on any atom is 0.293 e. The molecule has 1 fully saturated rings. The van der Waals surface area contributed by atoms with Crippen molar-refractivity contribution in [3.8, 4) is 11.1 Å². The highest BCUT2D eigenvalue weighted by atomic mass is 19.3. The third-order valence-electron chi connectivity index (χ3n) is 7.99. The number of ether oxygens (including phenoxy) is 2. The van der Waals surface area contributed by atoms with E-state index >= 15 is 0 Å². The Morgan fingerprint density at radius 3 is 2.61 bits per heavy atom. The van der Waals surface area contributed by atoms with Crippen molar-refractivity contribution in [1.82, 2.24) is 15.2 Å². The number of carboxylic acid groups (broad SMARTS) is 1. The second kappa shape index (κ2) is 14.2. The number of amides is 2. The van der Waals surface area contributed by atoms with Crippen LogP contribution in [0.5, 0.6) is 0 Å². The first-order valence-corrected chi connectivity index (χ1v) is 14.4. The Balaban J connectivity index is 1.59. The van der Waals surface area contributed by atoms with Crippen LogP contribution in [0.2, 0.25) is 0 Å². The van der Waals surface area contributed by atoms with E-state index in [1.54, 1.807) is 12.1 Å². The number of likely N-dealkylation sites (tertiary alicyclic amines) is 1. The molecule has 4 rings (SSSR count). The number of aromatic nitrogens is 1. The Morgan fingerprint density at radius 1 is 1.18 bits per heavy atom. The van der Waals surface area contributed by atoms with E-state index in [1.807, 2.05) is 49.4 Å². The molecule has 0 aliphatic carbocycles. The zero-order valence-electron chi connectivity index (χ0n) is 25.1. The second-order valence-corrected chi connectivity index (χ2v) is 11.2. The van der Waals surface area contributed by atoms with Crippen molar-refractivity contribution in [2.75, 3.05) is 40.0 Å². The molecule has 44 heavy (non-hydrogen) atoms. The van der Waals surface area contributed by atoms with Gasteiger partial charge < -0.3 is 34.7 Å². The van der Waals surface area contributed by atoms with E-state index in [1.165, 1.54) is 25.1 Å². The maximum atomic E-state index is 13.7. The van der Waals surface area contributed by atoms with Crippen LogP contribution in [0.1, 0.15) is 47.2 Å². The molecule has 2 N–H and O–H groups in total. The van der Waals surface area contributed by atoms with Crippen molar-refractivity contribution in [1.29, 1.82) is 0 Å². The van der Waals surface area contributed by atoms with Gasteiger partial charge in [0, 0.05) is 51.3 Å². The number of halogens is 2. The Kier molecular flexibility index (Phi) is 10.7. The number of methoxy groups -OCH3 is 1. The van der Waals surface area contributed by atoms with Crippen molar-refractivity contribution in [3.63, 3.8) is 0 Å². The first-order valence-electron chi connectivity index (χ1n) is 14.4. The predicted molar refractivity (Wildman–Crippen MR) is 158 cm³/mol. The molecule has 0 spiro atoms.